The van der Waals surface area contributed by atoms with Gasteiger partial charge >= 0.3 is 0 Å². The molecule has 0 unspecified atom stereocenters. The van der Waals surface area contributed by atoms with Crippen molar-refractivity contribution in [2.75, 3.05) is 6.54 Å². The molecule has 0 spiro atoms. The highest BCUT2D eigenvalue weighted by atomic mass is 32.1. The fourth-order valence-corrected chi connectivity index (χ4v) is 2.30. The second-order valence-corrected chi connectivity index (χ2v) is 5.33. The van der Waals surface area contributed by atoms with Gasteiger partial charge in [-0.25, -0.2) is 4.98 Å². The Labute approximate surface area is 103 Å². The fourth-order valence-electron chi connectivity index (χ4n) is 1.45. The molecule has 2 rings (SSSR count). The summed E-state index contributed by atoms with van der Waals surface area (Å²) in [6.07, 6.45) is 1.32. The number of thiophene rings is 1. The third-order valence-electron chi connectivity index (χ3n) is 2.51. The van der Waals surface area contributed by atoms with E-state index in [1.54, 1.807) is 11.3 Å². The van der Waals surface area contributed by atoms with Crippen LogP contribution in [0.3, 0.4) is 0 Å². The van der Waals surface area contributed by atoms with Gasteiger partial charge in [0.1, 0.15) is 6.33 Å². The van der Waals surface area contributed by atoms with Gasteiger partial charge in [-0.2, -0.15) is 5.10 Å². The highest BCUT2D eigenvalue weighted by Crippen LogP contribution is 2.26. The number of carbonyl (C=O) groups is 1. The Morgan fingerprint density at radius 3 is 3.00 bits per heavy atom. The maximum absolute atomic E-state index is 11.7. The first-order valence-electron chi connectivity index (χ1n) is 5.27. The van der Waals surface area contributed by atoms with Crippen LogP contribution in [0.1, 0.15) is 29.3 Å². The van der Waals surface area contributed by atoms with Crippen LogP contribution < -0.4 is 5.32 Å². The predicted octanol–water partition coefficient (Wildman–Crippen LogP) is 1.57. The maximum Gasteiger partial charge on any atom is 0.288 e. The van der Waals surface area contributed by atoms with Gasteiger partial charge in [-0.05, 0) is 11.4 Å². The molecule has 0 saturated heterocycles. The van der Waals surface area contributed by atoms with Gasteiger partial charge in [-0.3, -0.25) is 9.89 Å². The number of hydrogen-bond donors (Lipinski definition) is 2. The lowest BCUT2D eigenvalue weighted by atomic mass is 9.91. The van der Waals surface area contributed by atoms with Crippen molar-refractivity contribution in [3.05, 3.63) is 34.5 Å². The number of nitrogens with one attached hydrogen (secondary N) is 2. The molecule has 2 N–H and O–H groups in total. The van der Waals surface area contributed by atoms with Gasteiger partial charge in [0.05, 0.1) is 0 Å². The molecule has 17 heavy (non-hydrogen) atoms. The van der Waals surface area contributed by atoms with Crippen LogP contribution in [0.5, 0.6) is 0 Å². The minimum absolute atomic E-state index is 0.0795. The van der Waals surface area contributed by atoms with E-state index in [2.05, 4.69) is 40.4 Å². The second-order valence-electron chi connectivity index (χ2n) is 4.38. The Kier molecular flexibility index (Phi) is 3.23. The van der Waals surface area contributed by atoms with Crippen molar-refractivity contribution in [3.8, 4) is 0 Å². The van der Waals surface area contributed by atoms with Crippen LogP contribution in [0.15, 0.2) is 23.8 Å². The van der Waals surface area contributed by atoms with Gasteiger partial charge in [0.2, 0.25) is 5.82 Å². The molecule has 2 aromatic rings. The van der Waals surface area contributed by atoms with Gasteiger partial charge in [0, 0.05) is 16.8 Å². The van der Waals surface area contributed by atoms with Crippen LogP contribution in [0, 0.1) is 0 Å². The smallest absolute Gasteiger partial charge is 0.288 e. The Hall–Kier alpha value is -1.69. The lowest BCUT2D eigenvalue weighted by Gasteiger charge is -2.23. The van der Waals surface area contributed by atoms with Crippen LogP contribution >= 0.6 is 11.3 Å². The van der Waals surface area contributed by atoms with Gasteiger partial charge < -0.3 is 5.32 Å². The maximum atomic E-state index is 11.7. The molecule has 2 heterocycles. The molecule has 0 radical (unpaired) electrons. The zero-order valence-corrected chi connectivity index (χ0v) is 10.5. The van der Waals surface area contributed by atoms with Gasteiger partial charge in [0.15, 0.2) is 0 Å². The Morgan fingerprint density at radius 1 is 1.59 bits per heavy atom. The second kappa shape index (κ2) is 4.67. The molecular weight excluding hydrogens is 236 g/mol. The van der Waals surface area contributed by atoms with Crippen molar-refractivity contribution in [3.63, 3.8) is 0 Å². The Bertz CT molecular complexity index is 476. The number of amides is 1. The van der Waals surface area contributed by atoms with Crippen molar-refractivity contribution >= 4 is 17.2 Å². The molecule has 0 aliphatic rings. The summed E-state index contributed by atoms with van der Waals surface area (Å²) in [6, 6.07) is 4.09. The monoisotopic (exact) mass is 250 g/mol. The third kappa shape index (κ3) is 2.71. The van der Waals surface area contributed by atoms with Crippen molar-refractivity contribution in [1.29, 1.82) is 0 Å². The number of H-pyrrole nitrogens is 1. The quantitative estimate of drug-likeness (QED) is 0.865. The van der Waals surface area contributed by atoms with Gasteiger partial charge in [-0.1, -0.05) is 19.9 Å². The van der Waals surface area contributed by atoms with Crippen LogP contribution in [-0.2, 0) is 5.41 Å². The van der Waals surface area contributed by atoms with E-state index in [1.165, 1.54) is 11.2 Å². The molecule has 5 nitrogen and oxygen atoms in total. The normalized spacial score (nSPS) is 11.4. The Balaban J connectivity index is 1.96. The van der Waals surface area contributed by atoms with E-state index in [0.29, 0.717) is 6.54 Å². The summed E-state index contributed by atoms with van der Waals surface area (Å²) in [6.45, 7) is 4.76. The Morgan fingerprint density at radius 2 is 2.41 bits per heavy atom. The lowest BCUT2D eigenvalue weighted by molar-refractivity contribution is 0.0936. The molecule has 90 valence electrons. The molecule has 0 aromatic carbocycles. The average molecular weight is 250 g/mol. The van der Waals surface area contributed by atoms with Crippen LogP contribution in [0.2, 0.25) is 0 Å². The molecule has 0 saturated carbocycles. The van der Waals surface area contributed by atoms with Crippen LogP contribution in [0.4, 0.5) is 0 Å². The average Bonchev–Trinajstić information content (AvgIpc) is 2.97. The largest absolute Gasteiger partial charge is 0.348 e. The molecular formula is C11H14N4OS. The number of hydrogen-bond acceptors (Lipinski definition) is 4. The highest BCUT2D eigenvalue weighted by Gasteiger charge is 2.23. The third-order valence-corrected chi connectivity index (χ3v) is 3.75. The number of nitrogens with zero attached hydrogens (tertiary/aromatic N) is 2. The molecule has 1 amide bonds. The number of aromatic amines is 1. The van der Waals surface area contributed by atoms with E-state index < -0.39 is 0 Å². The molecule has 0 atom stereocenters. The molecule has 0 fully saturated rings. The fraction of sp³-hybridized carbons (Fsp3) is 0.364. The van der Waals surface area contributed by atoms with Crippen LogP contribution in [-0.4, -0.2) is 27.6 Å². The molecule has 0 aliphatic carbocycles. The molecule has 2 aromatic heterocycles. The van der Waals surface area contributed by atoms with Crippen molar-refractivity contribution in [2.24, 2.45) is 0 Å². The summed E-state index contributed by atoms with van der Waals surface area (Å²) >= 11 is 1.69. The van der Waals surface area contributed by atoms with Crippen molar-refractivity contribution in [1.82, 2.24) is 20.5 Å². The summed E-state index contributed by atoms with van der Waals surface area (Å²) in [5.41, 5.74) is -0.0795. The molecule has 0 bridgehead atoms. The number of rotatable bonds is 4. The summed E-state index contributed by atoms with van der Waals surface area (Å²) in [5.74, 6) is 0.0131. The van der Waals surface area contributed by atoms with Gasteiger partial charge in [0.25, 0.3) is 5.91 Å². The lowest BCUT2D eigenvalue weighted by Crippen LogP contribution is -2.36. The zero-order chi connectivity index (χ0) is 12.3. The topological polar surface area (TPSA) is 70.7 Å². The van der Waals surface area contributed by atoms with E-state index in [4.69, 9.17) is 0 Å². The predicted molar refractivity (Wildman–Crippen MR) is 66.1 cm³/mol. The van der Waals surface area contributed by atoms with Crippen molar-refractivity contribution in [2.45, 2.75) is 19.3 Å². The first kappa shape index (κ1) is 11.8. The van der Waals surface area contributed by atoms with E-state index in [1.807, 2.05) is 11.4 Å². The van der Waals surface area contributed by atoms with E-state index in [9.17, 15) is 4.79 Å². The molecule has 0 aliphatic heterocycles. The summed E-state index contributed by atoms with van der Waals surface area (Å²) in [4.78, 5) is 16.7. The van der Waals surface area contributed by atoms with Crippen molar-refractivity contribution < 1.29 is 4.79 Å². The molecule has 6 heteroatoms. The van der Waals surface area contributed by atoms with E-state index >= 15 is 0 Å². The SMILES string of the molecule is CC(C)(CNC(=O)c1ncn[nH]1)c1cccs1. The van der Waals surface area contributed by atoms with Crippen LogP contribution in [0.25, 0.3) is 0 Å². The minimum Gasteiger partial charge on any atom is -0.348 e. The first-order chi connectivity index (χ1) is 8.09. The van der Waals surface area contributed by atoms with Gasteiger partial charge in [-0.15, -0.1) is 11.3 Å². The summed E-state index contributed by atoms with van der Waals surface area (Å²) in [7, 11) is 0. The summed E-state index contributed by atoms with van der Waals surface area (Å²) < 4.78 is 0. The zero-order valence-electron chi connectivity index (χ0n) is 9.73. The van der Waals surface area contributed by atoms with E-state index in [0.717, 1.165) is 0 Å². The summed E-state index contributed by atoms with van der Waals surface area (Å²) in [5, 5.41) is 11.1. The van der Waals surface area contributed by atoms with E-state index in [-0.39, 0.29) is 17.1 Å². The minimum atomic E-state index is -0.230. The number of aromatic nitrogens is 3. The first-order valence-corrected chi connectivity index (χ1v) is 6.15. The number of carbonyl (C=O) groups excluding carboxylic acids is 1. The highest BCUT2D eigenvalue weighted by molar-refractivity contribution is 7.10. The standard InChI is InChI=1S/C11H14N4OS/c1-11(2,8-4-3-5-17-8)6-12-10(16)9-13-7-14-15-9/h3-5,7H,6H2,1-2H3,(H,12,16)(H,13,14,15).